The van der Waals surface area contributed by atoms with Crippen LogP contribution in [-0.2, 0) is 14.3 Å². The average Bonchev–Trinajstić information content (AvgIpc) is 2.94. The normalized spacial score (nSPS) is 19.9. The number of esters is 2. The Hall–Kier alpha value is -4.01. The second kappa shape index (κ2) is 12.9. The van der Waals surface area contributed by atoms with Crippen molar-refractivity contribution in [3.63, 3.8) is 0 Å². The van der Waals surface area contributed by atoms with E-state index in [9.17, 15) is 14.4 Å². The number of allylic oxidation sites excluding steroid dienone is 1. The Balaban J connectivity index is 1.92. The van der Waals surface area contributed by atoms with Crippen LogP contribution in [0.2, 0.25) is 0 Å². The summed E-state index contributed by atoms with van der Waals surface area (Å²) in [6, 6.07) is 5.22. The molecule has 9 nitrogen and oxygen atoms in total. The first-order valence-electron chi connectivity index (χ1n) is 13.5. The highest BCUT2D eigenvalue weighted by Crippen LogP contribution is 2.52. The molecule has 0 unspecified atom stereocenters. The van der Waals surface area contributed by atoms with E-state index in [4.69, 9.17) is 28.4 Å². The summed E-state index contributed by atoms with van der Waals surface area (Å²) in [7, 11) is 6.03. The number of hydrogen-bond acceptors (Lipinski definition) is 9. The number of rotatable bonds is 5. The van der Waals surface area contributed by atoms with Gasteiger partial charge in [0.25, 0.3) is 0 Å². The third-order valence-electron chi connectivity index (χ3n) is 7.27. The molecule has 40 heavy (non-hydrogen) atoms. The third-order valence-corrected chi connectivity index (χ3v) is 7.27. The van der Waals surface area contributed by atoms with E-state index >= 15 is 0 Å². The predicted octanol–water partition coefficient (Wildman–Crippen LogP) is 5.64. The van der Waals surface area contributed by atoms with Crippen LogP contribution in [0.1, 0.15) is 84.8 Å². The first-order valence-corrected chi connectivity index (χ1v) is 13.5. The van der Waals surface area contributed by atoms with Crippen LogP contribution in [0.4, 0.5) is 0 Å². The van der Waals surface area contributed by atoms with Crippen molar-refractivity contribution in [3.8, 4) is 28.7 Å². The van der Waals surface area contributed by atoms with Crippen molar-refractivity contribution in [1.29, 1.82) is 0 Å². The highest BCUT2D eigenvalue weighted by Gasteiger charge is 2.38. The number of hydrogen-bond donors (Lipinski definition) is 0. The molecule has 0 saturated heterocycles. The molecule has 2 aliphatic heterocycles. The zero-order valence-electron chi connectivity index (χ0n) is 23.7. The molecule has 0 aromatic heterocycles. The summed E-state index contributed by atoms with van der Waals surface area (Å²) < 4.78 is 34.2. The zero-order valence-corrected chi connectivity index (χ0v) is 23.7. The van der Waals surface area contributed by atoms with E-state index in [1.165, 1.54) is 28.4 Å². The minimum atomic E-state index is -0.570. The number of ketones is 1. The van der Waals surface area contributed by atoms with Gasteiger partial charge in [0.1, 0.15) is 22.8 Å². The Labute approximate surface area is 234 Å². The van der Waals surface area contributed by atoms with Gasteiger partial charge in [-0.2, -0.15) is 0 Å². The monoisotopic (exact) mass is 552 g/mol. The van der Waals surface area contributed by atoms with Crippen LogP contribution in [-0.4, -0.2) is 52.3 Å². The lowest BCUT2D eigenvalue weighted by Crippen LogP contribution is -2.24. The van der Waals surface area contributed by atoms with Crippen molar-refractivity contribution in [2.24, 2.45) is 0 Å². The van der Waals surface area contributed by atoms with Crippen LogP contribution in [0.5, 0.6) is 28.7 Å². The summed E-state index contributed by atoms with van der Waals surface area (Å²) in [5, 5.41) is 0. The molecule has 2 heterocycles. The molecular formula is C31H36O9. The average molecular weight is 553 g/mol. The van der Waals surface area contributed by atoms with E-state index in [1.54, 1.807) is 24.3 Å². The second-order valence-corrected chi connectivity index (χ2v) is 9.88. The first-order chi connectivity index (χ1) is 19.3. The summed E-state index contributed by atoms with van der Waals surface area (Å²) in [5.41, 5.74) is 1.94. The molecule has 2 atom stereocenters. The van der Waals surface area contributed by atoms with Gasteiger partial charge in [0.05, 0.1) is 41.0 Å². The van der Waals surface area contributed by atoms with E-state index in [0.29, 0.717) is 72.5 Å². The molecule has 2 aromatic rings. The summed E-state index contributed by atoms with van der Waals surface area (Å²) in [4.78, 5) is 38.7. The lowest BCUT2D eigenvalue weighted by atomic mass is 9.82. The standard InChI is InChI=1S/C31H36O9/c1-18-10-9-13-20(32)12-8-6-7-11-19-16-24-27(30(38-5)26(19)31(34)39-18)22(17-25(33)40-24)21-14-15-23(35-2)29(37-4)28(21)36-3/h7,11,14-16,18,22H,6,8-10,12-13,17H2,1-5H3/t18-,22+/m0/s1. The summed E-state index contributed by atoms with van der Waals surface area (Å²) in [5.74, 6) is 0.475. The van der Waals surface area contributed by atoms with Gasteiger partial charge in [0, 0.05) is 29.9 Å². The van der Waals surface area contributed by atoms with E-state index in [1.807, 2.05) is 13.0 Å². The SMILES string of the molecule is COc1ccc([C@H]2CC(=O)Oc3cc4c(c(OC)c32)C(=O)O[C@@H](C)CCCC(=O)CCCC=C4)c(OC)c1OC. The Bertz CT molecular complexity index is 1310. The van der Waals surface area contributed by atoms with Crippen molar-refractivity contribution in [2.45, 2.75) is 63.9 Å². The van der Waals surface area contributed by atoms with Crippen molar-refractivity contribution in [3.05, 3.63) is 46.5 Å². The van der Waals surface area contributed by atoms with Gasteiger partial charge in [-0.05, 0) is 50.3 Å². The lowest BCUT2D eigenvalue weighted by Gasteiger charge is -2.30. The predicted molar refractivity (Wildman–Crippen MR) is 148 cm³/mol. The molecule has 0 amide bonds. The van der Waals surface area contributed by atoms with Gasteiger partial charge < -0.3 is 28.4 Å². The van der Waals surface area contributed by atoms with Gasteiger partial charge in [-0.15, -0.1) is 0 Å². The van der Waals surface area contributed by atoms with Crippen molar-refractivity contribution in [2.75, 3.05) is 28.4 Å². The maximum Gasteiger partial charge on any atom is 0.342 e. The van der Waals surface area contributed by atoms with Crippen LogP contribution in [0.25, 0.3) is 6.08 Å². The molecule has 2 aliphatic rings. The van der Waals surface area contributed by atoms with Gasteiger partial charge in [-0.3, -0.25) is 9.59 Å². The molecule has 2 aromatic carbocycles. The number of fused-ring (bicyclic) bond motifs is 2. The maximum atomic E-state index is 13.7. The van der Waals surface area contributed by atoms with Crippen molar-refractivity contribution in [1.82, 2.24) is 0 Å². The highest BCUT2D eigenvalue weighted by molar-refractivity contribution is 5.99. The van der Waals surface area contributed by atoms with Gasteiger partial charge in [-0.1, -0.05) is 18.2 Å². The fourth-order valence-electron chi connectivity index (χ4n) is 5.37. The number of ether oxygens (including phenoxy) is 6. The summed E-state index contributed by atoms with van der Waals surface area (Å²) in [6.07, 6.45) is 6.83. The van der Waals surface area contributed by atoms with Crippen LogP contribution >= 0.6 is 0 Å². The number of carbonyl (C=O) groups is 3. The Kier molecular flexibility index (Phi) is 9.34. The highest BCUT2D eigenvalue weighted by atomic mass is 16.6. The van der Waals surface area contributed by atoms with Crippen molar-refractivity contribution >= 4 is 23.8 Å². The van der Waals surface area contributed by atoms with Gasteiger partial charge in [0.15, 0.2) is 11.5 Å². The molecule has 0 saturated carbocycles. The Morgan fingerprint density at radius 1 is 0.875 bits per heavy atom. The summed E-state index contributed by atoms with van der Waals surface area (Å²) >= 11 is 0. The molecule has 0 N–H and O–H groups in total. The molecule has 0 radical (unpaired) electrons. The minimum absolute atomic E-state index is 0.0106. The smallest absolute Gasteiger partial charge is 0.342 e. The molecule has 9 heteroatoms. The molecule has 4 rings (SSSR count). The number of carbonyl (C=O) groups excluding carboxylic acids is 3. The minimum Gasteiger partial charge on any atom is -0.495 e. The number of cyclic esters (lactones) is 1. The molecule has 0 bridgehead atoms. The van der Waals surface area contributed by atoms with Crippen LogP contribution < -0.4 is 23.7 Å². The van der Waals surface area contributed by atoms with E-state index in [0.717, 1.165) is 0 Å². The van der Waals surface area contributed by atoms with Gasteiger partial charge in [-0.25, -0.2) is 4.79 Å². The molecule has 0 fully saturated rings. The number of benzene rings is 2. The van der Waals surface area contributed by atoms with Crippen LogP contribution in [0.15, 0.2) is 24.3 Å². The quantitative estimate of drug-likeness (QED) is 0.344. The largest absolute Gasteiger partial charge is 0.495 e. The van der Waals surface area contributed by atoms with Crippen molar-refractivity contribution < 1.29 is 42.8 Å². The zero-order chi connectivity index (χ0) is 28.8. The van der Waals surface area contributed by atoms with Crippen LogP contribution in [0, 0.1) is 0 Å². The van der Waals surface area contributed by atoms with E-state index in [-0.39, 0.29) is 29.3 Å². The van der Waals surface area contributed by atoms with Gasteiger partial charge >= 0.3 is 11.9 Å². The molecule has 0 aliphatic carbocycles. The Morgan fingerprint density at radius 3 is 2.30 bits per heavy atom. The first kappa shape index (κ1) is 29.0. The molecule has 0 spiro atoms. The molecule has 214 valence electrons. The van der Waals surface area contributed by atoms with Gasteiger partial charge in [0.2, 0.25) is 5.75 Å². The molecular weight excluding hydrogens is 516 g/mol. The van der Waals surface area contributed by atoms with Crippen LogP contribution in [0.3, 0.4) is 0 Å². The maximum absolute atomic E-state index is 13.7. The fourth-order valence-corrected chi connectivity index (χ4v) is 5.37. The number of methoxy groups -OCH3 is 4. The lowest BCUT2D eigenvalue weighted by molar-refractivity contribution is -0.135. The second-order valence-electron chi connectivity index (χ2n) is 9.88. The fraction of sp³-hybridized carbons (Fsp3) is 0.452. The third kappa shape index (κ3) is 5.93. The van der Waals surface area contributed by atoms with E-state index < -0.39 is 24.0 Å². The topological polar surface area (TPSA) is 107 Å². The summed E-state index contributed by atoms with van der Waals surface area (Å²) in [6.45, 7) is 1.81. The van der Waals surface area contributed by atoms with E-state index in [2.05, 4.69) is 0 Å². The number of Topliss-reactive ketones (excluding diaryl/α,β-unsaturated/α-hetero) is 1. The Morgan fingerprint density at radius 2 is 1.60 bits per heavy atom.